The van der Waals surface area contributed by atoms with Crippen molar-refractivity contribution in [3.8, 4) is 0 Å². The third kappa shape index (κ3) is 7.75. The number of methoxy groups -OCH3 is 1. The molecule has 10 heteroatoms. The predicted octanol–water partition coefficient (Wildman–Crippen LogP) is 2.43. The summed E-state index contributed by atoms with van der Waals surface area (Å²) in [6.07, 6.45) is 3.44. The second-order valence-corrected chi connectivity index (χ2v) is 8.44. The summed E-state index contributed by atoms with van der Waals surface area (Å²) in [4.78, 5) is 47.4. The molecule has 0 spiro atoms. The molecule has 0 aliphatic carbocycles. The predicted molar refractivity (Wildman–Crippen MR) is 129 cm³/mol. The van der Waals surface area contributed by atoms with Gasteiger partial charge in [0.25, 0.3) is 5.91 Å². The number of nitrogens with zero attached hydrogens (tertiary/aromatic N) is 3. The zero-order valence-corrected chi connectivity index (χ0v) is 19.9. The third-order valence-electron chi connectivity index (χ3n) is 4.86. The molecule has 3 rings (SSSR count). The summed E-state index contributed by atoms with van der Waals surface area (Å²) >= 11 is 1.23. The van der Waals surface area contributed by atoms with Crippen molar-refractivity contribution < 1.29 is 19.1 Å². The van der Waals surface area contributed by atoms with Gasteiger partial charge in [-0.15, -0.1) is 11.3 Å². The number of amides is 3. The van der Waals surface area contributed by atoms with Gasteiger partial charge in [-0.05, 0) is 36.8 Å². The Hall–Kier alpha value is -3.63. The van der Waals surface area contributed by atoms with Crippen LogP contribution in [0, 0.1) is 6.92 Å². The lowest BCUT2D eigenvalue weighted by Gasteiger charge is -2.21. The largest absolute Gasteiger partial charge is 0.383 e. The molecule has 2 aromatic heterocycles. The number of nitrogens with one attached hydrogen (secondary N) is 2. The monoisotopic (exact) mass is 481 g/mol. The smallest absolute Gasteiger partial charge is 0.254 e. The van der Waals surface area contributed by atoms with Gasteiger partial charge in [0.15, 0.2) is 5.13 Å². The lowest BCUT2D eigenvalue weighted by molar-refractivity contribution is -0.120. The fourth-order valence-electron chi connectivity index (χ4n) is 3.04. The summed E-state index contributed by atoms with van der Waals surface area (Å²) in [5.74, 6) is -0.799. The van der Waals surface area contributed by atoms with Gasteiger partial charge >= 0.3 is 0 Å². The number of benzene rings is 1. The fourth-order valence-corrected chi connectivity index (χ4v) is 3.77. The Morgan fingerprint density at radius 1 is 1.06 bits per heavy atom. The number of hydrogen-bond acceptors (Lipinski definition) is 7. The summed E-state index contributed by atoms with van der Waals surface area (Å²) in [5, 5.41) is 7.64. The van der Waals surface area contributed by atoms with Gasteiger partial charge in [-0.2, -0.15) is 0 Å². The Morgan fingerprint density at radius 3 is 2.50 bits per heavy atom. The number of carbonyl (C=O) groups excluding carboxylic acids is 3. The highest BCUT2D eigenvalue weighted by Gasteiger charge is 2.19. The van der Waals surface area contributed by atoms with Crippen LogP contribution >= 0.6 is 11.3 Å². The van der Waals surface area contributed by atoms with Crippen LogP contribution in [0.1, 0.15) is 27.2 Å². The van der Waals surface area contributed by atoms with E-state index in [1.165, 1.54) is 16.2 Å². The van der Waals surface area contributed by atoms with Gasteiger partial charge in [0, 0.05) is 43.5 Å². The first-order valence-electron chi connectivity index (χ1n) is 10.7. The van der Waals surface area contributed by atoms with Crippen molar-refractivity contribution in [2.24, 2.45) is 0 Å². The van der Waals surface area contributed by atoms with Crippen LogP contribution in [-0.4, -0.2) is 59.4 Å². The summed E-state index contributed by atoms with van der Waals surface area (Å²) in [5.41, 5.74) is 3.06. The molecule has 0 aliphatic rings. The van der Waals surface area contributed by atoms with E-state index in [4.69, 9.17) is 4.74 Å². The number of pyridine rings is 1. The number of rotatable bonds is 11. The Labute approximate surface area is 202 Å². The number of ether oxygens (including phenoxy) is 1. The van der Waals surface area contributed by atoms with Crippen LogP contribution < -0.4 is 10.6 Å². The van der Waals surface area contributed by atoms with E-state index >= 15 is 0 Å². The van der Waals surface area contributed by atoms with E-state index < -0.39 is 0 Å². The highest BCUT2D eigenvalue weighted by Crippen LogP contribution is 2.16. The molecular weight excluding hydrogens is 454 g/mol. The van der Waals surface area contributed by atoms with Gasteiger partial charge in [-0.25, -0.2) is 4.98 Å². The lowest BCUT2D eigenvalue weighted by atomic mass is 10.1. The molecule has 0 saturated carbocycles. The van der Waals surface area contributed by atoms with E-state index in [-0.39, 0.29) is 37.2 Å². The molecule has 0 atom stereocenters. The molecule has 0 fully saturated rings. The average Bonchev–Trinajstić information content (AvgIpc) is 3.27. The van der Waals surface area contributed by atoms with Crippen molar-refractivity contribution in [1.29, 1.82) is 0 Å². The maximum atomic E-state index is 12.9. The Morgan fingerprint density at radius 2 is 1.79 bits per heavy atom. The van der Waals surface area contributed by atoms with Gasteiger partial charge in [0.1, 0.15) is 6.54 Å². The first kappa shape index (κ1) is 25.0. The van der Waals surface area contributed by atoms with Gasteiger partial charge in [0.05, 0.1) is 18.7 Å². The van der Waals surface area contributed by atoms with Gasteiger partial charge in [-0.3, -0.25) is 19.4 Å². The molecule has 0 unspecified atom stereocenters. The summed E-state index contributed by atoms with van der Waals surface area (Å²) in [6.45, 7) is 2.79. The second kappa shape index (κ2) is 12.6. The molecule has 178 valence electrons. The minimum absolute atomic E-state index is 0.101. The van der Waals surface area contributed by atoms with Gasteiger partial charge < -0.3 is 20.3 Å². The quantitative estimate of drug-likeness (QED) is 0.435. The number of anilines is 1. The van der Waals surface area contributed by atoms with E-state index in [0.717, 1.165) is 11.1 Å². The molecule has 0 aliphatic heterocycles. The number of aryl methyl sites for hydroxylation is 1. The van der Waals surface area contributed by atoms with Crippen molar-refractivity contribution in [3.63, 3.8) is 0 Å². The summed E-state index contributed by atoms with van der Waals surface area (Å²) in [6, 6.07) is 10.8. The van der Waals surface area contributed by atoms with E-state index in [0.29, 0.717) is 29.5 Å². The maximum absolute atomic E-state index is 12.9. The first-order valence-corrected chi connectivity index (χ1v) is 11.6. The molecule has 1 aromatic carbocycles. The topological polar surface area (TPSA) is 114 Å². The van der Waals surface area contributed by atoms with E-state index in [1.54, 1.807) is 37.0 Å². The van der Waals surface area contributed by atoms with Crippen LogP contribution in [0.3, 0.4) is 0 Å². The molecule has 0 saturated heterocycles. The minimum atomic E-state index is -0.375. The van der Waals surface area contributed by atoms with Crippen molar-refractivity contribution in [1.82, 2.24) is 20.2 Å². The molecule has 0 radical (unpaired) electrons. The first-order chi connectivity index (χ1) is 16.4. The average molecular weight is 482 g/mol. The number of hydrogen-bond donors (Lipinski definition) is 2. The van der Waals surface area contributed by atoms with Crippen molar-refractivity contribution in [3.05, 3.63) is 76.6 Å². The van der Waals surface area contributed by atoms with E-state index in [2.05, 4.69) is 20.6 Å². The van der Waals surface area contributed by atoms with E-state index in [1.807, 2.05) is 31.2 Å². The molecule has 9 nitrogen and oxygen atoms in total. The second-order valence-electron chi connectivity index (χ2n) is 7.59. The third-order valence-corrected chi connectivity index (χ3v) is 5.67. The number of aromatic nitrogens is 2. The molecular formula is C24H27N5O4S. The molecule has 34 heavy (non-hydrogen) atoms. The number of carbonyl (C=O) groups is 3. The normalized spacial score (nSPS) is 10.5. The van der Waals surface area contributed by atoms with Gasteiger partial charge in [-0.1, -0.05) is 17.7 Å². The molecule has 2 heterocycles. The van der Waals surface area contributed by atoms with Crippen LogP contribution in [0.5, 0.6) is 0 Å². The zero-order chi connectivity index (χ0) is 24.3. The zero-order valence-electron chi connectivity index (χ0n) is 19.1. The van der Waals surface area contributed by atoms with Crippen molar-refractivity contribution in [2.75, 3.05) is 32.1 Å². The summed E-state index contributed by atoms with van der Waals surface area (Å²) in [7, 11) is 1.54. The fraction of sp³-hybridized carbons (Fsp3) is 0.292. The van der Waals surface area contributed by atoms with E-state index in [9.17, 15) is 14.4 Å². The van der Waals surface area contributed by atoms with Crippen LogP contribution in [-0.2, 0) is 27.3 Å². The molecule has 2 N–H and O–H groups in total. The SMILES string of the molecule is COCCN(CC(=O)Nc1nc(CC(=O)NCc2ccncc2)cs1)C(=O)c1ccc(C)cc1. The lowest BCUT2D eigenvalue weighted by Crippen LogP contribution is -2.40. The standard InChI is InChI=1S/C24H27N5O4S/c1-17-3-5-19(6-4-17)23(32)29(11-12-33-2)15-22(31)28-24-27-20(16-34-24)13-21(30)26-14-18-7-9-25-10-8-18/h3-10,16H,11-15H2,1-2H3,(H,26,30)(H,27,28,31). The van der Waals surface area contributed by atoms with Crippen LogP contribution in [0.4, 0.5) is 5.13 Å². The molecule has 3 amide bonds. The van der Waals surface area contributed by atoms with Gasteiger partial charge in [0.2, 0.25) is 11.8 Å². The maximum Gasteiger partial charge on any atom is 0.254 e. The highest BCUT2D eigenvalue weighted by atomic mass is 32.1. The van der Waals surface area contributed by atoms with Crippen LogP contribution in [0.2, 0.25) is 0 Å². The summed E-state index contributed by atoms with van der Waals surface area (Å²) < 4.78 is 5.09. The number of thiazole rings is 1. The highest BCUT2D eigenvalue weighted by molar-refractivity contribution is 7.13. The Balaban J connectivity index is 1.53. The minimum Gasteiger partial charge on any atom is -0.383 e. The van der Waals surface area contributed by atoms with Crippen molar-refractivity contribution >= 4 is 34.2 Å². The van der Waals surface area contributed by atoms with Crippen molar-refractivity contribution in [2.45, 2.75) is 19.9 Å². The Kier molecular flexibility index (Phi) is 9.24. The Bertz CT molecular complexity index is 1100. The molecule has 0 bridgehead atoms. The van der Waals surface area contributed by atoms with Crippen LogP contribution in [0.25, 0.3) is 0 Å². The molecule has 3 aromatic rings. The van der Waals surface area contributed by atoms with Crippen LogP contribution in [0.15, 0.2) is 54.2 Å².